The van der Waals surface area contributed by atoms with Crippen LogP contribution in [0.2, 0.25) is 5.15 Å². The van der Waals surface area contributed by atoms with Crippen LogP contribution in [0.25, 0.3) is 5.69 Å². The summed E-state index contributed by atoms with van der Waals surface area (Å²) in [6, 6.07) is 6.10. The maximum absolute atomic E-state index is 14.3. The number of carbonyl (C=O) groups is 1. The SMILES string of the molecule is CNC(=O)OCc1cc(S(=O)(=O)c2ccc(Cl)nc2)n(-c2cc(F)ccc2F)n1. The molecule has 0 spiro atoms. The van der Waals surface area contributed by atoms with Crippen LogP contribution in [0, 0.1) is 11.6 Å². The van der Waals surface area contributed by atoms with Crippen molar-refractivity contribution in [2.45, 2.75) is 16.5 Å². The topological polar surface area (TPSA) is 103 Å². The first-order valence-corrected chi connectivity index (χ1v) is 9.84. The van der Waals surface area contributed by atoms with Gasteiger partial charge in [0.05, 0.1) is 4.90 Å². The van der Waals surface area contributed by atoms with E-state index in [1.165, 1.54) is 19.2 Å². The molecule has 1 aromatic carbocycles. The molecule has 0 aliphatic rings. The summed E-state index contributed by atoms with van der Waals surface area (Å²) < 4.78 is 59.7. The molecule has 0 fully saturated rings. The quantitative estimate of drug-likeness (QED) is 0.609. The molecule has 0 bridgehead atoms. The molecule has 0 saturated carbocycles. The van der Waals surface area contributed by atoms with Crippen LogP contribution in [-0.2, 0) is 21.2 Å². The van der Waals surface area contributed by atoms with Gasteiger partial charge in [-0.05, 0) is 24.3 Å². The predicted octanol–water partition coefficient (Wildman–Crippen LogP) is 2.89. The molecule has 0 aliphatic heterocycles. The van der Waals surface area contributed by atoms with Crippen molar-refractivity contribution in [1.29, 1.82) is 0 Å². The molecular weight excluding hydrogens is 430 g/mol. The number of aromatic nitrogens is 3. The smallest absolute Gasteiger partial charge is 0.407 e. The van der Waals surface area contributed by atoms with Gasteiger partial charge in [0.1, 0.15) is 34.8 Å². The molecule has 29 heavy (non-hydrogen) atoms. The zero-order valence-corrected chi connectivity index (χ0v) is 16.3. The van der Waals surface area contributed by atoms with Gasteiger partial charge >= 0.3 is 6.09 Å². The highest BCUT2D eigenvalue weighted by Crippen LogP contribution is 2.26. The number of hydrogen-bond acceptors (Lipinski definition) is 6. The molecule has 12 heteroatoms. The van der Waals surface area contributed by atoms with Crippen molar-refractivity contribution in [3.05, 3.63) is 65.1 Å². The number of nitrogens with zero attached hydrogens (tertiary/aromatic N) is 3. The Morgan fingerprint density at radius 2 is 2.00 bits per heavy atom. The van der Waals surface area contributed by atoms with E-state index >= 15 is 0 Å². The van der Waals surface area contributed by atoms with Crippen molar-refractivity contribution < 1.29 is 26.7 Å². The second-order valence-corrected chi connectivity index (χ2v) is 7.91. The average molecular weight is 443 g/mol. The molecular formula is C17H13ClF2N4O4S. The van der Waals surface area contributed by atoms with E-state index in [4.69, 9.17) is 16.3 Å². The zero-order valence-electron chi connectivity index (χ0n) is 14.8. The van der Waals surface area contributed by atoms with Gasteiger partial charge in [-0.3, -0.25) is 0 Å². The van der Waals surface area contributed by atoms with Crippen molar-refractivity contribution in [2.75, 3.05) is 7.05 Å². The first-order chi connectivity index (χ1) is 13.7. The highest BCUT2D eigenvalue weighted by molar-refractivity contribution is 7.91. The van der Waals surface area contributed by atoms with Crippen LogP contribution in [0.3, 0.4) is 0 Å². The number of pyridine rings is 1. The van der Waals surface area contributed by atoms with E-state index < -0.39 is 44.9 Å². The lowest BCUT2D eigenvalue weighted by Crippen LogP contribution is -2.19. The van der Waals surface area contributed by atoms with Gasteiger partial charge in [0.15, 0.2) is 5.03 Å². The molecule has 0 atom stereocenters. The molecule has 1 amide bonds. The number of nitrogens with one attached hydrogen (secondary N) is 1. The second kappa shape index (κ2) is 8.13. The van der Waals surface area contributed by atoms with E-state index in [9.17, 15) is 22.0 Å². The Morgan fingerprint density at radius 1 is 1.24 bits per heavy atom. The molecule has 2 aromatic heterocycles. The Balaban J connectivity index is 2.15. The summed E-state index contributed by atoms with van der Waals surface area (Å²) in [4.78, 5) is 14.8. The second-order valence-electron chi connectivity index (χ2n) is 5.63. The number of amides is 1. The molecule has 1 N–H and O–H groups in total. The van der Waals surface area contributed by atoms with E-state index in [0.29, 0.717) is 0 Å². The fourth-order valence-corrected chi connectivity index (χ4v) is 3.80. The van der Waals surface area contributed by atoms with Crippen LogP contribution in [0.5, 0.6) is 0 Å². The molecule has 0 saturated heterocycles. The van der Waals surface area contributed by atoms with Gasteiger partial charge in [-0.25, -0.2) is 31.7 Å². The van der Waals surface area contributed by atoms with E-state index in [-0.39, 0.29) is 15.7 Å². The molecule has 0 aliphatic carbocycles. The molecule has 3 aromatic rings. The summed E-state index contributed by atoms with van der Waals surface area (Å²) in [5, 5.41) is 5.81. The highest BCUT2D eigenvalue weighted by Gasteiger charge is 2.27. The molecule has 3 rings (SSSR count). The fraction of sp³-hybridized carbons (Fsp3) is 0.118. The van der Waals surface area contributed by atoms with Gasteiger partial charge in [-0.15, -0.1) is 0 Å². The van der Waals surface area contributed by atoms with E-state index in [2.05, 4.69) is 15.4 Å². The first kappa shape index (κ1) is 20.7. The molecule has 0 radical (unpaired) electrons. The van der Waals surface area contributed by atoms with Crippen molar-refractivity contribution in [2.24, 2.45) is 0 Å². The Morgan fingerprint density at radius 3 is 2.66 bits per heavy atom. The van der Waals surface area contributed by atoms with Crippen molar-refractivity contribution in [3.63, 3.8) is 0 Å². The average Bonchev–Trinajstić information content (AvgIpc) is 3.13. The number of hydrogen-bond donors (Lipinski definition) is 1. The lowest BCUT2D eigenvalue weighted by Gasteiger charge is -2.09. The zero-order chi connectivity index (χ0) is 21.2. The lowest BCUT2D eigenvalue weighted by molar-refractivity contribution is 0.140. The minimum Gasteiger partial charge on any atom is -0.443 e. The van der Waals surface area contributed by atoms with Crippen LogP contribution < -0.4 is 5.32 Å². The summed E-state index contributed by atoms with van der Waals surface area (Å²) >= 11 is 5.69. The number of benzene rings is 1. The number of rotatable bonds is 5. The Kier molecular flexibility index (Phi) is 5.80. The summed E-state index contributed by atoms with van der Waals surface area (Å²) in [7, 11) is -2.91. The Bertz CT molecular complexity index is 1170. The molecule has 2 heterocycles. The van der Waals surface area contributed by atoms with Crippen molar-refractivity contribution in [3.8, 4) is 5.69 Å². The Hall–Kier alpha value is -3.05. The monoisotopic (exact) mass is 442 g/mol. The van der Waals surface area contributed by atoms with Crippen LogP contribution in [0.1, 0.15) is 5.69 Å². The maximum Gasteiger partial charge on any atom is 0.407 e. The van der Waals surface area contributed by atoms with Crippen molar-refractivity contribution in [1.82, 2.24) is 20.1 Å². The number of carbonyl (C=O) groups excluding carboxylic acids is 1. The van der Waals surface area contributed by atoms with E-state index in [0.717, 1.165) is 35.1 Å². The minimum absolute atomic E-state index is 0.00208. The summed E-state index contributed by atoms with van der Waals surface area (Å²) in [6.45, 7) is -0.398. The molecule has 8 nitrogen and oxygen atoms in total. The summed E-state index contributed by atoms with van der Waals surface area (Å²) in [5.41, 5.74) is -0.436. The van der Waals surface area contributed by atoms with Crippen molar-refractivity contribution >= 4 is 27.5 Å². The predicted molar refractivity (Wildman–Crippen MR) is 97.4 cm³/mol. The fourth-order valence-electron chi connectivity index (χ4n) is 2.35. The summed E-state index contributed by atoms with van der Waals surface area (Å²) in [5.74, 6) is -1.70. The lowest BCUT2D eigenvalue weighted by atomic mass is 10.3. The number of halogens is 3. The summed E-state index contributed by atoms with van der Waals surface area (Å²) in [6.07, 6.45) is 0.250. The van der Waals surface area contributed by atoms with Gasteiger partial charge in [0, 0.05) is 25.4 Å². The minimum atomic E-state index is -4.25. The molecule has 152 valence electrons. The third-order valence-electron chi connectivity index (χ3n) is 3.70. The van der Waals surface area contributed by atoms with Crippen LogP contribution in [0.4, 0.5) is 13.6 Å². The van der Waals surface area contributed by atoms with Crippen LogP contribution in [0.15, 0.2) is 52.5 Å². The molecule has 0 unspecified atom stereocenters. The Labute approximate surface area is 169 Å². The highest BCUT2D eigenvalue weighted by atomic mass is 35.5. The maximum atomic E-state index is 14.3. The number of ether oxygens (including phenoxy) is 1. The van der Waals surface area contributed by atoms with Crippen LogP contribution >= 0.6 is 11.6 Å². The van der Waals surface area contributed by atoms with Crippen LogP contribution in [-0.4, -0.2) is 36.3 Å². The van der Waals surface area contributed by atoms with E-state index in [1.807, 2.05) is 0 Å². The van der Waals surface area contributed by atoms with E-state index in [1.54, 1.807) is 0 Å². The first-order valence-electron chi connectivity index (χ1n) is 7.98. The van der Waals surface area contributed by atoms with Gasteiger partial charge in [-0.2, -0.15) is 5.10 Å². The number of sulfone groups is 1. The van der Waals surface area contributed by atoms with Gasteiger partial charge in [0.2, 0.25) is 9.84 Å². The third-order valence-corrected chi connectivity index (χ3v) is 5.63. The number of alkyl carbamates (subject to hydrolysis) is 1. The largest absolute Gasteiger partial charge is 0.443 e. The van der Waals surface area contributed by atoms with Gasteiger partial charge < -0.3 is 10.1 Å². The van der Waals surface area contributed by atoms with Gasteiger partial charge in [-0.1, -0.05) is 11.6 Å². The normalized spacial score (nSPS) is 11.3. The third kappa shape index (κ3) is 4.35. The van der Waals surface area contributed by atoms with Gasteiger partial charge in [0.25, 0.3) is 0 Å². The standard InChI is InChI=1S/C17H13ClF2N4O4S/c1-21-17(25)28-9-11-7-16(29(26,27)12-3-5-15(18)22-8-12)24(23-11)14-6-10(19)2-4-13(14)20/h2-8H,9H2,1H3,(H,21,25).